The van der Waals surface area contributed by atoms with Crippen LogP contribution in [0.2, 0.25) is 5.15 Å². The van der Waals surface area contributed by atoms with E-state index in [1.807, 2.05) is 43.3 Å². The third-order valence-electron chi connectivity index (χ3n) is 5.14. The zero-order valence-electron chi connectivity index (χ0n) is 15.3. The van der Waals surface area contributed by atoms with Crippen molar-refractivity contribution in [1.82, 2.24) is 15.1 Å². The molecule has 138 valence electrons. The Hall–Kier alpha value is -2.59. The number of benzene rings is 2. The number of carbonyl (C=O) groups is 1. The van der Waals surface area contributed by atoms with Crippen molar-refractivity contribution in [2.45, 2.75) is 38.8 Å². The van der Waals surface area contributed by atoms with Gasteiger partial charge in [-0.05, 0) is 42.9 Å². The second kappa shape index (κ2) is 7.57. The molecule has 4 nitrogen and oxygen atoms in total. The number of hydrogen-bond donors (Lipinski definition) is 1. The van der Waals surface area contributed by atoms with Crippen molar-refractivity contribution in [1.29, 1.82) is 0 Å². The third kappa shape index (κ3) is 3.62. The van der Waals surface area contributed by atoms with Gasteiger partial charge in [0.2, 0.25) is 0 Å². The minimum atomic E-state index is -0.154. The second-order valence-electron chi connectivity index (χ2n) is 7.01. The molecule has 0 bridgehead atoms. The van der Waals surface area contributed by atoms with E-state index >= 15 is 0 Å². The van der Waals surface area contributed by atoms with Crippen LogP contribution in [0.25, 0.3) is 0 Å². The molecule has 0 radical (unpaired) electrons. The van der Waals surface area contributed by atoms with Gasteiger partial charge >= 0.3 is 0 Å². The molecule has 3 aromatic rings. The smallest absolute Gasteiger partial charge is 0.256 e. The van der Waals surface area contributed by atoms with E-state index in [0.717, 1.165) is 24.8 Å². The van der Waals surface area contributed by atoms with Crippen molar-refractivity contribution in [2.24, 2.45) is 0 Å². The minimum absolute atomic E-state index is 0.0235. The summed E-state index contributed by atoms with van der Waals surface area (Å²) in [6.07, 6.45) is 3.08. The van der Waals surface area contributed by atoms with Gasteiger partial charge < -0.3 is 5.32 Å². The van der Waals surface area contributed by atoms with Gasteiger partial charge in [0, 0.05) is 0 Å². The summed E-state index contributed by atoms with van der Waals surface area (Å²) >= 11 is 6.53. The summed E-state index contributed by atoms with van der Waals surface area (Å²) in [5.74, 6) is -0.154. The summed E-state index contributed by atoms with van der Waals surface area (Å²) in [6, 6.07) is 18.3. The highest BCUT2D eigenvalue weighted by Gasteiger charge is 2.26. The van der Waals surface area contributed by atoms with E-state index < -0.39 is 0 Å². The molecule has 1 atom stereocenters. The Bertz CT molecular complexity index is 965. The normalized spacial score (nSPS) is 16.0. The lowest BCUT2D eigenvalue weighted by Crippen LogP contribution is -2.31. The van der Waals surface area contributed by atoms with Crippen molar-refractivity contribution in [3.8, 4) is 0 Å². The third-order valence-corrected chi connectivity index (χ3v) is 5.53. The summed E-state index contributed by atoms with van der Waals surface area (Å²) in [6.45, 7) is 2.37. The first kappa shape index (κ1) is 17.8. The van der Waals surface area contributed by atoms with Crippen LogP contribution in [0.1, 0.15) is 51.6 Å². The van der Waals surface area contributed by atoms with Gasteiger partial charge in [-0.1, -0.05) is 66.2 Å². The van der Waals surface area contributed by atoms with Crippen LogP contribution in [-0.4, -0.2) is 15.7 Å². The first-order valence-corrected chi connectivity index (χ1v) is 9.67. The van der Waals surface area contributed by atoms with Crippen LogP contribution >= 0.6 is 11.6 Å². The summed E-state index contributed by atoms with van der Waals surface area (Å²) in [5, 5.41) is 8.05. The Kier molecular flexibility index (Phi) is 4.99. The summed E-state index contributed by atoms with van der Waals surface area (Å²) in [4.78, 5) is 13.0. The molecule has 1 amide bonds. The lowest BCUT2D eigenvalue weighted by Gasteiger charge is -2.26. The molecule has 1 aliphatic carbocycles. The highest BCUT2D eigenvalue weighted by Crippen LogP contribution is 2.30. The van der Waals surface area contributed by atoms with Crippen LogP contribution < -0.4 is 5.32 Å². The van der Waals surface area contributed by atoms with Crippen LogP contribution in [0, 0.1) is 6.92 Å². The van der Waals surface area contributed by atoms with E-state index in [9.17, 15) is 4.79 Å². The molecular weight excluding hydrogens is 358 g/mol. The number of halogens is 1. The van der Waals surface area contributed by atoms with Crippen molar-refractivity contribution in [3.63, 3.8) is 0 Å². The predicted molar refractivity (Wildman–Crippen MR) is 107 cm³/mol. The maximum atomic E-state index is 13.0. The average molecular weight is 380 g/mol. The fraction of sp³-hybridized carbons (Fsp3) is 0.273. The molecule has 0 fully saturated rings. The summed E-state index contributed by atoms with van der Waals surface area (Å²) in [7, 11) is 0. The standard InChI is InChI=1S/C22H22ClN3O/c1-15-20(21(23)26(25-15)14-16-8-3-2-4-9-16)22(27)24-19-13-7-11-17-10-5-6-12-18(17)19/h2-6,8-10,12,19H,7,11,13-14H2,1H3,(H,24,27)/t19-/m1/s1. The Balaban J connectivity index is 1.56. The number of carbonyl (C=O) groups excluding carboxylic acids is 1. The number of nitrogens with one attached hydrogen (secondary N) is 1. The van der Waals surface area contributed by atoms with E-state index in [1.54, 1.807) is 4.68 Å². The zero-order chi connectivity index (χ0) is 18.8. The van der Waals surface area contributed by atoms with Gasteiger partial charge in [0.25, 0.3) is 5.91 Å². The maximum absolute atomic E-state index is 13.0. The van der Waals surface area contributed by atoms with E-state index in [4.69, 9.17) is 11.6 Å². The van der Waals surface area contributed by atoms with Gasteiger partial charge in [-0.2, -0.15) is 5.10 Å². The van der Waals surface area contributed by atoms with Gasteiger partial charge in [-0.25, -0.2) is 4.68 Å². The van der Waals surface area contributed by atoms with E-state index in [-0.39, 0.29) is 11.9 Å². The van der Waals surface area contributed by atoms with Crippen molar-refractivity contribution in [3.05, 3.63) is 87.7 Å². The summed E-state index contributed by atoms with van der Waals surface area (Å²) < 4.78 is 1.69. The maximum Gasteiger partial charge on any atom is 0.256 e. The molecule has 27 heavy (non-hydrogen) atoms. The zero-order valence-corrected chi connectivity index (χ0v) is 16.0. The van der Waals surface area contributed by atoms with E-state index in [1.165, 1.54) is 11.1 Å². The Morgan fingerprint density at radius 1 is 1.19 bits per heavy atom. The monoisotopic (exact) mass is 379 g/mol. The molecule has 0 unspecified atom stereocenters. The van der Waals surface area contributed by atoms with Crippen LogP contribution in [0.5, 0.6) is 0 Å². The molecule has 1 heterocycles. The molecule has 5 heteroatoms. The number of hydrogen-bond acceptors (Lipinski definition) is 2. The number of aryl methyl sites for hydroxylation is 2. The van der Waals surface area contributed by atoms with Crippen LogP contribution in [0.15, 0.2) is 54.6 Å². The summed E-state index contributed by atoms with van der Waals surface area (Å²) in [5.41, 5.74) is 4.74. The Morgan fingerprint density at radius 2 is 1.93 bits per heavy atom. The Labute approximate surface area is 164 Å². The second-order valence-corrected chi connectivity index (χ2v) is 7.37. The van der Waals surface area contributed by atoms with Crippen LogP contribution in [0.3, 0.4) is 0 Å². The average Bonchev–Trinajstić information content (AvgIpc) is 2.96. The molecule has 4 rings (SSSR count). The van der Waals surface area contributed by atoms with Gasteiger partial charge in [-0.3, -0.25) is 4.79 Å². The first-order valence-electron chi connectivity index (χ1n) is 9.29. The number of rotatable bonds is 4. The number of nitrogens with zero attached hydrogens (tertiary/aromatic N) is 2. The molecular formula is C22H22ClN3O. The minimum Gasteiger partial charge on any atom is -0.345 e. The molecule has 0 aliphatic heterocycles. The first-order chi connectivity index (χ1) is 13.1. The topological polar surface area (TPSA) is 46.9 Å². The molecule has 0 spiro atoms. The molecule has 1 aromatic heterocycles. The van der Waals surface area contributed by atoms with Crippen LogP contribution in [0.4, 0.5) is 0 Å². The van der Waals surface area contributed by atoms with Gasteiger partial charge in [0.05, 0.1) is 23.8 Å². The van der Waals surface area contributed by atoms with Crippen molar-refractivity contribution in [2.75, 3.05) is 0 Å². The molecule has 1 N–H and O–H groups in total. The number of amides is 1. The van der Waals surface area contributed by atoms with Crippen LogP contribution in [-0.2, 0) is 13.0 Å². The largest absolute Gasteiger partial charge is 0.345 e. The number of fused-ring (bicyclic) bond motifs is 1. The highest BCUT2D eigenvalue weighted by molar-refractivity contribution is 6.33. The quantitative estimate of drug-likeness (QED) is 0.714. The predicted octanol–water partition coefficient (Wildman–Crippen LogP) is 4.70. The fourth-order valence-corrected chi connectivity index (χ4v) is 4.13. The van der Waals surface area contributed by atoms with E-state index in [2.05, 4.69) is 28.6 Å². The number of aromatic nitrogens is 2. The Morgan fingerprint density at radius 3 is 2.74 bits per heavy atom. The molecule has 2 aromatic carbocycles. The molecule has 0 saturated heterocycles. The lowest BCUT2D eigenvalue weighted by atomic mass is 9.87. The van der Waals surface area contributed by atoms with Gasteiger partial charge in [0.1, 0.15) is 5.15 Å². The molecule has 0 saturated carbocycles. The van der Waals surface area contributed by atoms with Gasteiger partial charge in [-0.15, -0.1) is 0 Å². The van der Waals surface area contributed by atoms with Crippen molar-refractivity contribution < 1.29 is 4.79 Å². The fourth-order valence-electron chi connectivity index (χ4n) is 3.81. The lowest BCUT2D eigenvalue weighted by molar-refractivity contribution is 0.0932. The van der Waals surface area contributed by atoms with Gasteiger partial charge in [0.15, 0.2) is 0 Å². The van der Waals surface area contributed by atoms with Crippen molar-refractivity contribution >= 4 is 17.5 Å². The van der Waals surface area contributed by atoms with E-state index in [0.29, 0.717) is 23.0 Å². The SMILES string of the molecule is Cc1nn(Cc2ccccc2)c(Cl)c1C(=O)N[C@@H]1CCCc2ccccc21. The molecule has 1 aliphatic rings. The highest BCUT2D eigenvalue weighted by atomic mass is 35.5.